The number of thiophene rings is 2. The van der Waals surface area contributed by atoms with Crippen LogP contribution in [-0.4, -0.2) is 19.9 Å². The fraction of sp³-hybridized carbons (Fsp3) is 0.0526. The Morgan fingerprint density at radius 1 is 1.07 bits per heavy atom. The lowest BCUT2D eigenvalue weighted by Crippen LogP contribution is -2.11. The topological polar surface area (TPSA) is 97.5 Å². The largest absolute Gasteiger partial charge is 0.383 e. The summed E-state index contributed by atoms with van der Waals surface area (Å²) in [7, 11) is 0. The maximum absolute atomic E-state index is 12.8. The van der Waals surface area contributed by atoms with Crippen LogP contribution >= 0.6 is 46.0 Å². The molecule has 0 aliphatic carbocycles. The zero-order valence-electron chi connectivity index (χ0n) is 14.7. The van der Waals surface area contributed by atoms with Crippen LogP contribution in [0.1, 0.15) is 5.82 Å². The Labute approximate surface area is 181 Å². The van der Waals surface area contributed by atoms with Crippen LogP contribution in [0.3, 0.4) is 0 Å². The van der Waals surface area contributed by atoms with E-state index in [1.807, 2.05) is 41.1 Å². The van der Waals surface area contributed by atoms with Gasteiger partial charge in [0.25, 0.3) is 5.56 Å². The number of nitrogen functional groups attached to an aromatic ring is 1. The van der Waals surface area contributed by atoms with E-state index in [1.54, 1.807) is 0 Å². The maximum atomic E-state index is 12.8. The minimum atomic E-state index is -0.184. The van der Waals surface area contributed by atoms with Gasteiger partial charge in [0.1, 0.15) is 21.3 Å². The molecule has 0 spiro atoms. The van der Waals surface area contributed by atoms with Crippen molar-refractivity contribution in [2.24, 2.45) is 0 Å². The van der Waals surface area contributed by atoms with Gasteiger partial charge in [-0.3, -0.25) is 4.79 Å². The van der Waals surface area contributed by atoms with Crippen molar-refractivity contribution in [3.8, 4) is 11.1 Å². The summed E-state index contributed by atoms with van der Waals surface area (Å²) in [6.07, 6.45) is 0. The number of nitrogens with one attached hydrogen (secondary N) is 1. The van der Waals surface area contributed by atoms with Gasteiger partial charge in [-0.15, -0.1) is 22.7 Å². The van der Waals surface area contributed by atoms with Crippen molar-refractivity contribution < 1.29 is 0 Å². The number of hydrogen-bond acceptors (Lipinski definition) is 8. The average Bonchev–Trinajstić information content (AvgIpc) is 3.34. The third kappa shape index (κ3) is 3.40. The predicted molar refractivity (Wildman–Crippen MR) is 122 cm³/mol. The molecule has 29 heavy (non-hydrogen) atoms. The summed E-state index contributed by atoms with van der Waals surface area (Å²) >= 11 is 10.6. The first kappa shape index (κ1) is 18.6. The van der Waals surface area contributed by atoms with Crippen molar-refractivity contribution in [1.82, 2.24) is 19.9 Å². The van der Waals surface area contributed by atoms with Gasteiger partial charge in [0, 0.05) is 21.5 Å². The van der Waals surface area contributed by atoms with Crippen molar-refractivity contribution >= 4 is 72.3 Å². The van der Waals surface area contributed by atoms with Gasteiger partial charge in [0.2, 0.25) is 0 Å². The number of rotatable bonds is 4. The molecule has 4 aromatic heterocycles. The van der Waals surface area contributed by atoms with Crippen LogP contribution in [0, 0.1) is 0 Å². The molecule has 0 aliphatic heterocycles. The number of anilines is 1. The van der Waals surface area contributed by atoms with E-state index in [1.165, 1.54) is 34.4 Å². The minimum Gasteiger partial charge on any atom is -0.383 e. The number of halogens is 1. The standard InChI is InChI=1S/C19H12ClN5OS3/c20-12-4-2-1-3-9(12)11-7-28-18-14(11)16(26)22-13(23-18)8-29-19-24-15(21)10-5-6-27-17(10)25-19/h1-7H,8H2,(H2,21,24,25)(H,22,23,26). The second kappa shape index (κ2) is 7.42. The van der Waals surface area contributed by atoms with Crippen molar-refractivity contribution in [3.63, 3.8) is 0 Å². The first-order valence-corrected chi connectivity index (χ1v) is 11.6. The number of thioether (sulfide) groups is 1. The van der Waals surface area contributed by atoms with Crippen LogP contribution in [0.15, 0.2) is 51.0 Å². The van der Waals surface area contributed by atoms with E-state index in [0.717, 1.165) is 21.3 Å². The number of aromatic amines is 1. The molecule has 0 radical (unpaired) electrons. The molecule has 0 fully saturated rings. The lowest BCUT2D eigenvalue weighted by atomic mass is 10.1. The molecule has 0 saturated heterocycles. The van der Waals surface area contributed by atoms with Crippen LogP contribution < -0.4 is 11.3 Å². The van der Waals surface area contributed by atoms with Gasteiger partial charge < -0.3 is 10.7 Å². The van der Waals surface area contributed by atoms with Crippen LogP contribution in [0.4, 0.5) is 5.82 Å². The maximum Gasteiger partial charge on any atom is 0.260 e. The molecule has 0 aliphatic rings. The molecule has 0 atom stereocenters. The number of hydrogen-bond donors (Lipinski definition) is 2. The zero-order chi connectivity index (χ0) is 20.0. The molecule has 144 valence electrons. The quantitative estimate of drug-likeness (QED) is 0.285. The monoisotopic (exact) mass is 457 g/mol. The summed E-state index contributed by atoms with van der Waals surface area (Å²) in [6.45, 7) is 0. The van der Waals surface area contributed by atoms with Crippen molar-refractivity contribution in [2.75, 3.05) is 5.73 Å². The molecule has 5 rings (SSSR count). The zero-order valence-corrected chi connectivity index (χ0v) is 17.9. The number of aromatic nitrogens is 4. The molecular weight excluding hydrogens is 446 g/mol. The lowest BCUT2D eigenvalue weighted by molar-refractivity contribution is 0.999. The third-order valence-corrected chi connectivity index (χ3v) is 7.20. The first-order valence-electron chi connectivity index (χ1n) is 8.49. The number of H-pyrrole nitrogens is 1. The fourth-order valence-corrected chi connectivity index (χ4v) is 5.74. The van der Waals surface area contributed by atoms with Gasteiger partial charge in [-0.25, -0.2) is 15.0 Å². The fourth-order valence-electron chi connectivity index (χ4n) is 3.00. The summed E-state index contributed by atoms with van der Waals surface area (Å²) in [4.78, 5) is 30.6. The first-order chi connectivity index (χ1) is 14.1. The van der Waals surface area contributed by atoms with Gasteiger partial charge in [-0.1, -0.05) is 41.6 Å². The lowest BCUT2D eigenvalue weighted by Gasteiger charge is -2.04. The Morgan fingerprint density at radius 3 is 2.79 bits per heavy atom. The van der Waals surface area contributed by atoms with Crippen LogP contribution in [0.5, 0.6) is 0 Å². The SMILES string of the molecule is Nc1nc(SCc2nc3scc(-c4ccccc4Cl)c3c(=O)[nH]2)nc2sccc12. The average molecular weight is 458 g/mol. The van der Waals surface area contributed by atoms with Gasteiger partial charge >= 0.3 is 0 Å². The highest BCUT2D eigenvalue weighted by Gasteiger charge is 2.15. The van der Waals surface area contributed by atoms with Gasteiger partial charge in [-0.2, -0.15) is 0 Å². The highest BCUT2D eigenvalue weighted by atomic mass is 35.5. The molecule has 6 nitrogen and oxygen atoms in total. The molecular formula is C19H12ClN5OS3. The Bertz CT molecular complexity index is 1420. The Morgan fingerprint density at radius 2 is 1.93 bits per heavy atom. The van der Waals surface area contributed by atoms with Gasteiger partial charge in [-0.05, 0) is 17.5 Å². The van der Waals surface area contributed by atoms with E-state index >= 15 is 0 Å². The van der Waals surface area contributed by atoms with Crippen molar-refractivity contribution in [1.29, 1.82) is 0 Å². The van der Waals surface area contributed by atoms with Gasteiger partial charge in [0.15, 0.2) is 5.16 Å². The second-order valence-electron chi connectivity index (χ2n) is 6.14. The van der Waals surface area contributed by atoms with Crippen molar-refractivity contribution in [3.05, 3.63) is 62.3 Å². The Hall–Kier alpha value is -2.46. The second-order valence-corrected chi connectivity index (χ2v) is 9.24. The number of nitrogens with zero attached hydrogens (tertiary/aromatic N) is 3. The Kier molecular flexibility index (Phi) is 4.75. The molecule has 4 heterocycles. The third-order valence-electron chi connectivity index (χ3n) is 4.33. The van der Waals surface area contributed by atoms with Crippen LogP contribution in [0.25, 0.3) is 31.6 Å². The molecule has 1 aromatic carbocycles. The molecule has 3 N–H and O–H groups in total. The van der Waals surface area contributed by atoms with Crippen LogP contribution in [0.2, 0.25) is 5.02 Å². The highest BCUT2D eigenvalue weighted by molar-refractivity contribution is 7.98. The summed E-state index contributed by atoms with van der Waals surface area (Å²) < 4.78 is 0. The number of benzene rings is 1. The van der Waals surface area contributed by atoms with Crippen molar-refractivity contribution in [2.45, 2.75) is 10.9 Å². The van der Waals surface area contributed by atoms with Crippen LogP contribution in [-0.2, 0) is 5.75 Å². The summed E-state index contributed by atoms with van der Waals surface area (Å²) in [5.74, 6) is 1.45. The highest BCUT2D eigenvalue weighted by Crippen LogP contribution is 2.35. The van der Waals surface area contributed by atoms with E-state index in [9.17, 15) is 4.79 Å². The minimum absolute atomic E-state index is 0.184. The summed E-state index contributed by atoms with van der Waals surface area (Å²) in [5.41, 5.74) is 7.43. The number of fused-ring (bicyclic) bond motifs is 2. The Balaban J connectivity index is 1.47. The molecule has 10 heteroatoms. The van der Waals surface area contributed by atoms with E-state index in [-0.39, 0.29) is 5.56 Å². The predicted octanol–water partition coefficient (Wildman–Crippen LogP) is 5.18. The summed E-state index contributed by atoms with van der Waals surface area (Å²) in [6, 6.07) is 9.37. The van der Waals surface area contributed by atoms with E-state index in [2.05, 4.69) is 19.9 Å². The molecule has 5 aromatic rings. The van der Waals surface area contributed by atoms with E-state index in [4.69, 9.17) is 17.3 Å². The smallest absolute Gasteiger partial charge is 0.260 e. The molecule has 0 amide bonds. The van der Waals surface area contributed by atoms with E-state index in [0.29, 0.717) is 37.8 Å². The summed E-state index contributed by atoms with van der Waals surface area (Å²) in [5, 5.41) is 6.42. The van der Waals surface area contributed by atoms with Gasteiger partial charge in [0.05, 0.1) is 16.5 Å². The molecule has 0 saturated carbocycles. The number of nitrogens with two attached hydrogens (primary N) is 1. The normalized spacial score (nSPS) is 11.5. The molecule has 0 unspecified atom stereocenters. The molecule has 0 bridgehead atoms. The van der Waals surface area contributed by atoms with E-state index < -0.39 is 0 Å².